The fourth-order valence-corrected chi connectivity index (χ4v) is 4.02. The maximum atomic E-state index is 11.5. The molecule has 1 amide bonds. The summed E-state index contributed by atoms with van der Waals surface area (Å²) in [6.45, 7) is 6.30. The topological polar surface area (TPSA) is 23.6 Å². The normalized spacial score (nSPS) is 35.3. The summed E-state index contributed by atoms with van der Waals surface area (Å²) in [5.41, 5.74) is 0. The van der Waals surface area contributed by atoms with Crippen LogP contribution in [0.5, 0.6) is 0 Å². The van der Waals surface area contributed by atoms with Gasteiger partial charge in [-0.1, -0.05) is 29.0 Å². The Balaban J connectivity index is 0.000000574. The maximum Gasteiger partial charge on any atom is 0.219 e. The van der Waals surface area contributed by atoms with E-state index in [1.54, 1.807) is 6.92 Å². The predicted octanol–water partition coefficient (Wildman–Crippen LogP) is 2.39. The Labute approximate surface area is 124 Å². The summed E-state index contributed by atoms with van der Waals surface area (Å²) >= 11 is 2.15. The number of likely N-dealkylation sites (tertiary alicyclic amines) is 1. The quantitative estimate of drug-likeness (QED) is 0.487. The third-order valence-electron chi connectivity index (χ3n) is 4.72. The molecule has 3 nitrogen and oxygen atoms in total. The Kier molecular flexibility index (Phi) is 5.30. The second-order valence-electron chi connectivity index (χ2n) is 5.84. The van der Waals surface area contributed by atoms with Crippen molar-refractivity contribution in [2.24, 2.45) is 11.8 Å². The van der Waals surface area contributed by atoms with Crippen molar-refractivity contribution in [1.82, 2.24) is 9.80 Å². The van der Waals surface area contributed by atoms with Crippen LogP contribution in [0.4, 0.5) is 0 Å². The molecule has 3 saturated heterocycles. The summed E-state index contributed by atoms with van der Waals surface area (Å²) in [7, 11) is 0. The van der Waals surface area contributed by atoms with Crippen molar-refractivity contribution >= 4 is 28.5 Å². The van der Waals surface area contributed by atoms with Crippen molar-refractivity contribution in [1.29, 1.82) is 0 Å². The molecule has 3 rings (SSSR count). The second kappa shape index (κ2) is 6.55. The molecule has 3 heterocycles. The molecule has 4 heteroatoms. The van der Waals surface area contributed by atoms with E-state index >= 15 is 0 Å². The van der Waals surface area contributed by atoms with Crippen LogP contribution in [0.15, 0.2) is 0 Å². The van der Waals surface area contributed by atoms with Crippen LogP contribution >= 0.6 is 22.6 Å². The molecule has 0 aliphatic carbocycles. The van der Waals surface area contributed by atoms with E-state index in [0.29, 0.717) is 0 Å². The van der Waals surface area contributed by atoms with Crippen molar-refractivity contribution in [2.75, 3.05) is 31.1 Å². The number of alkyl halides is 1. The van der Waals surface area contributed by atoms with Crippen LogP contribution in [0.1, 0.15) is 32.6 Å². The Hall–Kier alpha value is 0.160. The number of hydrogen-bond acceptors (Lipinski definition) is 2. The average molecular weight is 364 g/mol. The van der Waals surface area contributed by atoms with Gasteiger partial charge in [0.2, 0.25) is 5.91 Å². The Morgan fingerprint density at radius 3 is 2.67 bits per heavy atom. The van der Waals surface area contributed by atoms with Gasteiger partial charge in [-0.25, -0.2) is 0 Å². The minimum atomic E-state index is 0.277. The summed E-state index contributed by atoms with van der Waals surface area (Å²) in [6, 6.07) is 0.784. The number of rotatable bonds is 0. The molecule has 3 aliphatic heterocycles. The molecule has 0 radical (unpaired) electrons. The van der Waals surface area contributed by atoms with Gasteiger partial charge in [-0.05, 0) is 42.6 Å². The average Bonchev–Trinajstić information content (AvgIpc) is 2.40. The van der Waals surface area contributed by atoms with Crippen molar-refractivity contribution in [3.8, 4) is 0 Å². The van der Waals surface area contributed by atoms with E-state index in [1.165, 1.54) is 38.8 Å². The number of hydrogen-bond donors (Lipinski definition) is 0. The predicted molar refractivity (Wildman–Crippen MR) is 83.0 cm³/mol. The summed E-state index contributed by atoms with van der Waals surface area (Å²) in [4.78, 5) is 18.3. The van der Waals surface area contributed by atoms with Crippen molar-refractivity contribution in [3.05, 3.63) is 0 Å². The van der Waals surface area contributed by atoms with E-state index in [4.69, 9.17) is 0 Å². The zero-order chi connectivity index (χ0) is 13.1. The Morgan fingerprint density at radius 1 is 1.17 bits per heavy atom. The lowest BCUT2D eigenvalue weighted by atomic mass is 9.76. The molecule has 0 N–H and O–H groups in total. The van der Waals surface area contributed by atoms with Gasteiger partial charge in [-0.3, -0.25) is 9.69 Å². The fraction of sp³-hybridized carbons (Fsp3) is 0.929. The Morgan fingerprint density at radius 2 is 1.94 bits per heavy atom. The van der Waals surface area contributed by atoms with E-state index in [1.807, 2.05) is 4.93 Å². The molecule has 3 atom stereocenters. The van der Waals surface area contributed by atoms with Crippen LogP contribution in [-0.2, 0) is 4.79 Å². The summed E-state index contributed by atoms with van der Waals surface area (Å²) in [5, 5.41) is 0. The van der Waals surface area contributed by atoms with E-state index in [0.717, 1.165) is 31.0 Å². The van der Waals surface area contributed by atoms with E-state index in [2.05, 4.69) is 32.4 Å². The molecule has 0 aromatic carbocycles. The largest absolute Gasteiger partial charge is 0.342 e. The maximum absolute atomic E-state index is 11.5. The summed E-state index contributed by atoms with van der Waals surface area (Å²) in [5.74, 6) is 1.78. The third kappa shape index (κ3) is 3.00. The van der Waals surface area contributed by atoms with Crippen LogP contribution in [0, 0.1) is 11.8 Å². The molecule has 0 spiro atoms. The van der Waals surface area contributed by atoms with Gasteiger partial charge < -0.3 is 4.90 Å². The van der Waals surface area contributed by atoms with Crippen LogP contribution in [0.25, 0.3) is 0 Å². The van der Waals surface area contributed by atoms with Gasteiger partial charge in [0.25, 0.3) is 0 Å². The zero-order valence-electron chi connectivity index (χ0n) is 11.6. The molecule has 0 aromatic heterocycles. The van der Waals surface area contributed by atoms with Gasteiger partial charge in [0.1, 0.15) is 0 Å². The highest BCUT2D eigenvalue weighted by atomic mass is 127. The van der Waals surface area contributed by atoms with Crippen LogP contribution in [0.2, 0.25) is 0 Å². The highest BCUT2D eigenvalue weighted by Crippen LogP contribution is 2.37. The number of carbonyl (C=O) groups is 1. The molecular formula is C14H25IN2O. The smallest absolute Gasteiger partial charge is 0.219 e. The van der Waals surface area contributed by atoms with Crippen LogP contribution in [-0.4, -0.2) is 52.9 Å². The van der Waals surface area contributed by atoms with E-state index in [9.17, 15) is 4.79 Å². The third-order valence-corrected chi connectivity index (χ3v) is 4.72. The van der Waals surface area contributed by atoms with Crippen molar-refractivity contribution < 1.29 is 4.79 Å². The van der Waals surface area contributed by atoms with Gasteiger partial charge in [0.15, 0.2) is 0 Å². The molecule has 0 saturated carbocycles. The molecular weight excluding hydrogens is 339 g/mol. The minimum Gasteiger partial charge on any atom is -0.342 e. The second-order valence-corrected chi connectivity index (χ2v) is 5.84. The highest BCUT2D eigenvalue weighted by molar-refractivity contribution is 14.1. The first-order valence-electron chi connectivity index (χ1n) is 7.11. The minimum absolute atomic E-state index is 0.277. The van der Waals surface area contributed by atoms with E-state index < -0.39 is 0 Å². The number of carbonyl (C=O) groups excluding carboxylic acids is 1. The number of amides is 1. The van der Waals surface area contributed by atoms with Gasteiger partial charge in [-0.2, -0.15) is 0 Å². The number of piperidine rings is 3. The molecule has 104 valence electrons. The molecule has 18 heavy (non-hydrogen) atoms. The molecule has 3 aliphatic rings. The Bertz CT molecular complexity index is 298. The fourth-order valence-electron chi connectivity index (χ4n) is 4.02. The van der Waals surface area contributed by atoms with Crippen LogP contribution < -0.4 is 0 Å². The lowest BCUT2D eigenvalue weighted by Crippen LogP contribution is -2.59. The number of nitrogens with zero attached hydrogens (tertiary/aromatic N) is 2. The lowest BCUT2D eigenvalue weighted by molar-refractivity contribution is -0.135. The van der Waals surface area contributed by atoms with Gasteiger partial charge in [-0.15, -0.1) is 0 Å². The summed E-state index contributed by atoms with van der Waals surface area (Å²) in [6.07, 6.45) is 5.50. The van der Waals surface area contributed by atoms with Gasteiger partial charge >= 0.3 is 0 Å². The standard InChI is InChI=1S/C13H22N2O.CH3I/c1-10(16)15-8-11-6-12(9-15)13-4-2-3-5-14(13)7-11;1-2/h11-13H,2-9H2,1H3;1H3. The lowest BCUT2D eigenvalue weighted by Gasteiger charge is -2.52. The molecule has 3 unspecified atom stereocenters. The van der Waals surface area contributed by atoms with Crippen LogP contribution in [0.3, 0.4) is 0 Å². The highest BCUT2D eigenvalue weighted by Gasteiger charge is 2.41. The van der Waals surface area contributed by atoms with Crippen molar-refractivity contribution in [2.45, 2.75) is 38.6 Å². The number of halogens is 1. The summed E-state index contributed by atoms with van der Waals surface area (Å²) < 4.78 is 0. The first-order valence-corrected chi connectivity index (χ1v) is 9.27. The molecule has 0 aromatic rings. The van der Waals surface area contributed by atoms with Gasteiger partial charge in [0, 0.05) is 32.6 Å². The SMILES string of the molecule is CC(=O)N1CC2CC(C1)C1CCCCN1C2.CI. The van der Waals surface area contributed by atoms with E-state index in [-0.39, 0.29) is 5.91 Å². The zero-order valence-corrected chi connectivity index (χ0v) is 13.7. The number of fused-ring (bicyclic) bond motifs is 4. The first-order chi connectivity index (χ1) is 8.74. The van der Waals surface area contributed by atoms with Gasteiger partial charge in [0.05, 0.1) is 0 Å². The first kappa shape index (κ1) is 14.6. The van der Waals surface area contributed by atoms with Crippen molar-refractivity contribution in [3.63, 3.8) is 0 Å². The monoisotopic (exact) mass is 364 g/mol. The molecule has 2 bridgehead atoms. The molecule has 3 fully saturated rings.